The Bertz CT molecular complexity index is 473. The van der Waals surface area contributed by atoms with Gasteiger partial charge in [0.1, 0.15) is 12.4 Å². The second kappa shape index (κ2) is 8.63. The number of phenols is 1. The molecule has 1 heterocycles. The molecule has 0 unspecified atom stereocenters. The highest BCUT2D eigenvalue weighted by atomic mass is 35.5. The first-order valence-corrected chi connectivity index (χ1v) is 5.93. The number of aromatic hydroxyl groups is 1. The molecule has 0 aromatic heterocycles. The lowest BCUT2D eigenvalue weighted by molar-refractivity contribution is 0.141. The zero-order valence-electron chi connectivity index (χ0n) is 10.9. The van der Waals surface area contributed by atoms with E-state index in [1.165, 1.54) is 0 Å². The Hall–Kier alpha value is -0.760. The van der Waals surface area contributed by atoms with Crippen LogP contribution in [0.2, 0.25) is 0 Å². The van der Waals surface area contributed by atoms with Gasteiger partial charge in [-0.1, -0.05) is 0 Å². The molecule has 0 bridgehead atoms. The summed E-state index contributed by atoms with van der Waals surface area (Å²) in [6.45, 7) is 1.06. The molecule has 1 aliphatic heterocycles. The van der Waals surface area contributed by atoms with Crippen LogP contribution in [0, 0.1) is 17.5 Å². The number of piperazine rings is 1. The van der Waals surface area contributed by atoms with Crippen molar-refractivity contribution >= 4 is 24.8 Å². The van der Waals surface area contributed by atoms with Gasteiger partial charge in [-0.3, -0.25) is 4.90 Å². The lowest BCUT2D eigenvalue weighted by atomic mass is 10.0. The quantitative estimate of drug-likeness (QED) is 0.649. The molecule has 0 spiro atoms. The Kier molecular flexibility index (Phi) is 8.31. The fraction of sp³-hybridized carbons (Fsp3) is 0.500. The molecule has 9 heteroatoms. The normalized spacial score (nSPS) is 16.8. The van der Waals surface area contributed by atoms with Crippen LogP contribution in [0.5, 0.6) is 5.75 Å². The number of phenolic OH excluding ortho intramolecular Hbond substituents is 1. The van der Waals surface area contributed by atoms with Gasteiger partial charge in [0.25, 0.3) is 0 Å². The molecule has 0 saturated carbocycles. The Morgan fingerprint density at radius 2 is 1.71 bits per heavy atom. The second-order valence-corrected chi connectivity index (χ2v) is 4.38. The number of halogens is 6. The summed E-state index contributed by atoms with van der Waals surface area (Å²) in [6.07, 6.45) is 0. The van der Waals surface area contributed by atoms with E-state index in [0.717, 1.165) is 0 Å². The molecule has 1 aliphatic rings. The van der Waals surface area contributed by atoms with Crippen LogP contribution in [0.1, 0.15) is 11.6 Å². The van der Waals surface area contributed by atoms with Crippen molar-refractivity contribution in [2.24, 2.45) is 0 Å². The van der Waals surface area contributed by atoms with Crippen molar-refractivity contribution in [3.05, 3.63) is 29.1 Å². The van der Waals surface area contributed by atoms with Crippen molar-refractivity contribution in [3.63, 3.8) is 0 Å². The third-order valence-corrected chi connectivity index (χ3v) is 3.25. The zero-order valence-corrected chi connectivity index (χ0v) is 12.5. The van der Waals surface area contributed by atoms with Gasteiger partial charge in [0.05, 0.1) is 11.6 Å². The second-order valence-electron chi connectivity index (χ2n) is 4.38. The van der Waals surface area contributed by atoms with Gasteiger partial charge in [-0.15, -0.1) is 24.8 Å². The minimum atomic E-state index is -1.69. The maximum atomic E-state index is 13.7. The first-order chi connectivity index (χ1) is 9.06. The van der Waals surface area contributed by atoms with Gasteiger partial charge in [0.2, 0.25) is 0 Å². The maximum Gasteiger partial charge on any atom is 0.195 e. The van der Waals surface area contributed by atoms with Crippen LogP contribution >= 0.6 is 24.8 Å². The van der Waals surface area contributed by atoms with E-state index in [-0.39, 0.29) is 24.8 Å². The van der Waals surface area contributed by atoms with Gasteiger partial charge in [0.15, 0.2) is 17.5 Å². The number of hydrogen-bond acceptors (Lipinski definition) is 3. The van der Waals surface area contributed by atoms with E-state index in [9.17, 15) is 22.7 Å². The summed E-state index contributed by atoms with van der Waals surface area (Å²) < 4.78 is 53.1. The summed E-state index contributed by atoms with van der Waals surface area (Å²) in [5.74, 6) is -5.48. The molecule has 1 aromatic carbocycles. The summed E-state index contributed by atoms with van der Waals surface area (Å²) in [4.78, 5) is 1.59. The Morgan fingerprint density at radius 1 is 1.14 bits per heavy atom. The Labute approximate surface area is 132 Å². The SMILES string of the molecule is Cl.Cl.Oc1cc(F)c(F)c(F)c1[C@H](CF)N1CCNCC1. The molecular weight excluding hydrogens is 335 g/mol. The van der Waals surface area contributed by atoms with Crippen LogP contribution in [-0.2, 0) is 0 Å². The first-order valence-electron chi connectivity index (χ1n) is 5.93. The van der Waals surface area contributed by atoms with Gasteiger partial charge in [-0.2, -0.15) is 0 Å². The minimum Gasteiger partial charge on any atom is -0.507 e. The molecule has 0 aliphatic carbocycles. The highest BCUT2D eigenvalue weighted by Crippen LogP contribution is 2.34. The number of nitrogens with one attached hydrogen (secondary N) is 1. The van der Waals surface area contributed by atoms with Crippen LogP contribution in [0.3, 0.4) is 0 Å². The predicted octanol–water partition coefficient (Wildman–Crippen LogP) is 2.57. The monoisotopic (exact) mass is 350 g/mol. The van der Waals surface area contributed by atoms with Crippen LogP contribution in [-0.4, -0.2) is 42.9 Å². The van der Waals surface area contributed by atoms with E-state index in [1.54, 1.807) is 4.90 Å². The molecule has 3 nitrogen and oxygen atoms in total. The molecule has 0 radical (unpaired) electrons. The topological polar surface area (TPSA) is 35.5 Å². The van der Waals surface area contributed by atoms with Gasteiger partial charge in [0, 0.05) is 32.2 Å². The number of alkyl halides is 1. The molecule has 21 heavy (non-hydrogen) atoms. The van der Waals surface area contributed by atoms with Crippen molar-refractivity contribution < 1.29 is 22.7 Å². The molecule has 0 amide bonds. The van der Waals surface area contributed by atoms with Crippen molar-refractivity contribution in [1.29, 1.82) is 0 Å². The molecule has 1 aromatic rings. The molecule has 1 atom stereocenters. The molecule has 2 N–H and O–H groups in total. The first kappa shape index (κ1) is 20.2. The number of rotatable bonds is 3. The third kappa shape index (κ3) is 4.12. The van der Waals surface area contributed by atoms with Crippen LogP contribution < -0.4 is 5.32 Å². The average Bonchev–Trinajstić information content (AvgIpc) is 2.42. The number of nitrogens with zero attached hydrogens (tertiary/aromatic N) is 1. The molecular formula is C12H16Cl2F4N2O. The standard InChI is InChI=1S/C12H14F4N2O.2ClH/c13-6-8(18-3-1-17-2-4-18)10-9(19)5-7(14)11(15)12(10)16;;/h5,8,17,19H,1-4,6H2;2*1H/t8-;;/m0../s1. The average molecular weight is 351 g/mol. The van der Waals surface area contributed by atoms with Gasteiger partial charge in [-0.05, 0) is 0 Å². The fourth-order valence-electron chi connectivity index (χ4n) is 2.26. The lowest BCUT2D eigenvalue weighted by Gasteiger charge is -2.34. The minimum absolute atomic E-state index is 0. The highest BCUT2D eigenvalue weighted by molar-refractivity contribution is 5.85. The van der Waals surface area contributed by atoms with Gasteiger partial charge < -0.3 is 10.4 Å². The fourth-order valence-corrected chi connectivity index (χ4v) is 2.26. The largest absolute Gasteiger partial charge is 0.507 e. The highest BCUT2D eigenvalue weighted by Gasteiger charge is 2.30. The summed E-state index contributed by atoms with van der Waals surface area (Å²) in [5, 5.41) is 12.6. The van der Waals surface area contributed by atoms with E-state index < -0.39 is 41.5 Å². The summed E-state index contributed by atoms with van der Waals surface area (Å²) >= 11 is 0. The molecule has 122 valence electrons. The maximum absolute atomic E-state index is 13.7. The van der Waals surface area contributed by atoms with Gasteiger partial charge >= 0.3 is 0 Å². The summed E-state index contributed by atoms with van der Waals surface area (Å²) in [6, 6.07) is -0.643. The van der Waals surface area contributed by atoms with E-state index in [4.69, 9.17) is 0 Å². The van der Waals surface area contributed by atoms with Crippen molar-refractivity contribution in [2.75, 3.05) is 32.9 Å². The molecule has 1 fully saturated rings. The van der Waals surface area contributed by atoms with E-state index in [2.05, 4.69) is 5.32 Å². The smallest absolute Gasteiger partial charge is 0.195 e. The van der Waals surface area contributed by atoms with Crippen molar-refractivity contribution in [3.8, 4) is 5.75 Å². The number of hydrogen-bond donors (Lipinski definition) is 2. The Morgan fingerprint density at radius 3 is 2.24 bits per heavy atom. The van der Waals surface area contributed by atoms with Crippen LogP contribution in [0.25, 0.3) is 0 Å². The van der Waals surface area contributed by atoms with Crippen molar-refractivity contribution in [1.82, 2.24) is 10.2 Å². The van der Waals surface area contributed by atoms with E-state index in [1.807, 2.05) is 0 Å². The summed E-state index contributed by atoms with van der Waals surface area (Å²) in [5.41, 5.74) is -0.525. The predicted molar refractivity (Wildman–Crippen MR) is 75.6 cm³/mol. The van der Waals surface area contributed by atoms with Gasteiger partial charge in [-0.25, -0.2) is 17.6 Å². The molecule has 1 saturated heterocycles. The van der Waals surface area contributed by atoms with Crippen LogP contribution in [0.15, 0.2) is 6.07 Å². The Balaban J connectivity index is 0.00000200. The van der Waals surface area contributed by atoms with Crippen molar-refractivity contribution in [2.45, 2.75) is 6.04 Å². The zero-order chi connectivity index (χ0) is 14.0. The summed E-state index contributed by atoms with van der Waals surface area (Å²) in [7, 11) is 0. The third-order valence-electron chi connectivity index (χ3n) is 3.25. The van der Waals surface area contributed by atoms with E-state index in [0.29, 0.717) is 32.2 Å². The van der Waals surface area contributed by atoms with Crippen LogP contribution in [0.4, 0.5) is 17.6 Å². The number of benzene rings is 1. The van der Waals surface area contributed by atoms with E-state index >= 15 is 0 Å². The molecule has 2 rings (SSSR count). The lowest BCUT2D eigenvalue weighted by Crippen LogP contribution is -2.46.